The lowest BCUT2D eigenvalue weighted by atomic mass is 10.0. The van der Waals surface area contributed by atoms with Crippen LogP contribution in [0.2, 0.25) is 5.02 Å². The highest BCUT2D eigenvalue weighted by Crippen LogP contribution is 2.37. The van der Waals surface area contributed by atoms with E-state index in [-0.39, 0.29) is 6.42 Å². The number of hydrogen-bond donors (Lipinski definition) is 1. The molecule has 0 bridgehead atoms. The third-order valence-corrected chi connectivity index (χ3v) is 5.97. The molecule has 37 heavy (non-hydrogen) atoms. The lowest BCUT2D eigenvalue weighted by Gasteiger charge is -2.13. The van der Waals surface area contributed by atoms with Gasteiger partial charge in [-0.25, -0.2) is 0 Å². The Morgan fingerprint density at radius 2 is 1.73 bits per heavy atom. The van der Waals surface area contributed by atoms with Crippen molar-refractivity contribution in [2.45, 2.75) is 40.3 Å². The number of aromatic nitrogens is 2. The smallest absolute Gasteiger partial charge is 0.307 e. The van der Waals surface area contributed by atoms with E-state index in [0.717, 1.165) is 28.1 Å². The van der Waals surface area contributed by atoms with Crippen LogP contribution in [0, 0.1) is 5.92 Å². The van der Waals surface area contributed by atoms with Crippen LogP contribution in [0.15, 0.2) is 72.8 Å². The summed E-state index contributed by atoms with van der Waals surface area (Å²) in [6.45, 7) is 7.84. The number of carboxylic acid groups (broad SMARTS) is 1. The predicted molar refractivity (Wildman–Crippen MR) is 146 cm³/mol. The molecule has 0 aliphatic rings. The van der Waals surface area contributed by atoms with Crippen LogP contribution in [-0.2, 0) is 24.4 Å². The van der Waals surface area contributed by atoms with Gasteiger partial charge in [0.15, 0.2) is 0 Å². The van der Waals surface area contributed by atoms with E-state index >= 15 is 0 Å². The second-order valence-electron chi connectivity index (χ2n) is 9.24. The molecule has 1 aromatic heterocycles. The van der Waals surface area contributed by atoms with E-state index in [1.54, 1.807) is 6.07 Å². The Labute approximate surface area is 222 Å². The van der Waals surface area contributed by atoms with Crippen molar-refractivity contribution in [2.75, 3.05) is 6.61 Å². The van der Waals surface area contributed by atoms with E-state index in [0.29, 0.717) is 47.7 Å². The van der Waals surface area contributed by atoms with Crippen molar-refractivity contribution in [3.8, 4) is 34.0 Å². The SMILES string of the molecule is CCOc1ccccc1-c1cc(-c2cc(CC(=O)O)ccc2OCc2cccc(Cl)c2)nn1CC(C)C. The van der Waals surface area contributed by atoms with Crippen LogP contribution < -0.4 is 9.47 Å². The third-order valence-electron chi connectivity index (χ3n) is 5.74. The van der Waals surface area contributed by atoms with Gasteiger partial charge in [0.25, 0.3) is 0 Å². The standard InChI is InChI=1S/C30H31ClN2O4/c1-4-36-28-11-6-5-10-24(28)27-17-26(32-33(27)18-20(2)3)25-15-21(16-30(34)35)12-13-29(25)37-19-22-8-7-9-23(31)14-22/h5-15,17,20H,4,16,18-19H2,1-3H3,(H,34,35). The van der Waals surface area contributed by atoms with Gasteiger partial charge >= 0.3 is 5.97 Å². The maximum absolute atomic E-state index is 11.4. The van der Waals surface area contributed by atoms with Gasteiger partial charge in [-0.1, -0.05) is 55.8 Å². The molecule has 0 saturated heterocycles. The molecule has 0 aliphatic heterocycles. The molecule has 0 spiro atoms. The first-order valence-electron chi connectivity index (χ1n) is 12.4. The predicted octanol–water partition coefficient (Wildman–Crippen LogP) is 7.13. The summed E-state index contributed by atoms with van der Waals surface area (Å²) in [5.74, 6) is 0.879. The van der Waals surface area contributed by atoms with Crippen molar-refractivity contribution < 1.29 is 19.4 Å². The van der Waals surface area contributed by atoms with Gasteiger partial charge in [-0.05, 0) is 66.4 Å². The molecule has 0 aliphatic carbocycles. The fraction of sp³-hybridized carbons (Fsp3) is 0.267. The summed E-state index contributed by atoms with van der Waals surface area (Å²) >= 11 is 6.14. The van der Waals surface area contributed by atoms with E-state index in [1.807, 2.05) is 78.3 Å². The zero-order chi connectivity index (χ0) is 26.4. The van der Waals surface area contributed by atoms with Crippen LogP contribution >= 0.6 is 11.6 Å². The lowest BCUT2D eigenvalue weighted by Crippen LogP contribution is -2.08. The van der Waals surface area contributed by atoms with Gasteiger partial charge in [-0.15, -0.1) is 0 Å². The molecular formula is C30H31ClN2O4. The Balaban J connectivity index is 1.80. The minimum Gasteiger partial charge on any atom is -0.493 e. The number of halogens is 1. The van der Waals surface area contributed by atoms with E-state index in [4.69, 9.17) is 26.2 Å². The van der Waals surface area contributed by atoms with Gasteiger partial charge < -0.3 is 14.6 Å². The van der Waals surface area contributed by atoms with E-state index in [2.05, 4.69) is 13.8 Å². The number of hydrogen-bond acceptors (Lipinski definition) is 4. The van der Waals surface area contributed by atoms with E-state index < -0.39 is 5.97 Å². The maximum Gasteiger partial charge on any atom is 0.307 e. The summed E-state index contributed by atoms with van der Waals surface area (Å²) in [6, 6.07) is 22.9. The summed E-state index contributed by atoms with van der Waals surface area (Å²) < 4.78 is 14.1. The molecule has 0 radical (unpaired) electrons. The Morgan fingerprint density at radius 1 is 0.946 bits per heavy atom. The molecule has 4 aromatic rings. The minimum absolute atomic E-state index is 0.0890. The highest BCUT2D eigenvalue weighted by Gasteiger charge is 2.19. The Kier molecular flexibility index (Phi) is 8.51. The fourth-order valence-electron chi connectivity index (χ4n) is 4.19. The lowest BCUT2D eigenvalue weighted by molar-refractivity contribution is -0.136. The monoisotopic (exact) mass is 518 g/mol. The van der Waals surface area contributed by atoms with Crippen LogP contribution in [0.5, 0.6) is 11.5 Å². The first-order chi connectivity index (χ1) is 17.8. The highest BCUT2D eigenvalue weighted by molar-refractivity contribution is 6.30. The molecule has 0 amide bonds. The molecule has 0 fully saturated rings. The molecule has 192 valence electrons. The van der Waals surface area contributed by atoms with E-state index in [1.165, 1.54) is 0 Å². The number of rotatable bonds is 11. The molecule has 0 saturated carbocycles. The molecule has 0 unspecified atom stereocenters. The number of nitrogens with zero attached hydrogens (tertiary/aromatic N) is 2. The van der Waals surface area contributed by atoms with Crippen LogP contribution in [0.1, 0.15) is 31.9 Å². The van der Waals surface area contributed by atoms with Gasteiger partial charge in [-0.2, -0.15) is 5.10 Å². The molecule has 4 rings (SSSR count). The summed E-state index contributed by atoms with van der Waals surface area (Å²) in [4.78, 5) is 11.4. The molecule has 6 nitrogen and oxygen atoms in total. The van der Waals surface area contributed by atoms with Crippen molar-refractivity contribution in [2.24, 2.45) is 5.92 Å². The van der Waals surface area contributed by atoms with Crippen molar-refractivity contribution >= 4 is 17.6 Å². The van der Waals surface area contributed by atoms with Gasteiger partial charge in [0.2, 0.25) is 0 Å². The van der Waals surface area contributed by atoms with Gasteiger partial charge in [0, 0.05) is 22.7 Å². The second kappa shape index (κ2) is 12.0. The van der Waals surface area contributed by atoms with Crippen molar-refractivity contribution in [1.29, 1.82) is 0 Å². The molecule has 1 N–H and O–H groups in total. The normalized spacial score (nSPS) is 11.1. The Hall–Kier alpha value is -3.77. The summed E-state index contributed by atoms with van der Waals surface area (Å²) in [5.41, 5.74) is 4.93. The van der Waals surface area contributed by atoms with Crippen molar-refractivity contribution in [3.05, 3.63) is 88.9 Å². The fourth-order valence-corrected chi connectivity index (χ4v) is 4.40. The van der Waals surface area contributed by atoms with Crippen molar-refractivity contribution in [3.63, 3.8) is 0 Å². The average molecular weight is 519 g/mol. The van der Waals surface area contributed by atoms with Gasteiger partial charge in [-0.3, -0.25) is 9.48 Å². The van der Waals surface area contributed by atoms with Gasteiger partial charge in [0.05, 0.1) is 24.4 Å². The van der Waals surface area contributed by atoms with Crippen LogP contribution in [0.3, 0.4) is 0 Å². The number of aliphatic carboxylic acids is 1. The highest BCUT2D eigenvalue weighted by atomic mass is 35.5. The summed E-state index contributed by atoms with van der Waals surface area (Å²) in [7, 11) is 0. The quantitative estimate of drug-likeness (QED) is 0.228. The number of benzene rings is 3. The summed E-state index contributed by atoms with van der Waals surface area (Å²) in [6.07, 6.45) is -0.0890. The molecule has 7 heteroatoms. The number of carboxylic acids is 1. The largest absolute Gasteiger partial charge is 0.493 e. The molecule has 1 heterocycles. The topological polar surface area (TPSA) is 73.6 Å². The second-order valence-corrected chi connectivity index (χ2v) is 9.68. The number of carbonyl (C=O) groups is 1. The Bertz CT molecular complexity index is 1380. The Morgan fingerprint density at radius 3 is 2.46 bits per heavy atom. The van der Waals surface area contributed by atoms with Crippen LogP contribution in [0.25, 0.3) is 22.5 Å². The zero-order valence-electron chi connectivity index (χ0n) is 21.3. The summed E-state index contributed by atoms with van der Waals surface area (Å²) in [5, 5.41) is 15.0. The van der Waals surface area contributed by atoms with Crippen molar-refractivity contribution in [1.82, 2.24) is 9.78 Å². The number of ether oxygens (including phenoxy) is 2. The van der Waals surface area contributed by atoms with E-state index in [9.17, 15) is 9.90 Å². The first kappa shape index (κ1) is 26.3. The maximum atomic E-state index is 11.4. The number of para-hydroxylation sites is 1. The third kappa shape index (κ3) is 6.71. The zero-order valence-corrected chi connectivity index (χ0v) is 22.0. The molecular weight excluding hydrogens is 488 g/mol. The van der Waals surface area contributed by atoms with Gasteiger partial charge in [0.1, 0.15) is 18.1 Å². The molecule has 3 aromatic carbocycles. The first-order valence-corrected chi connectivity index (χ1v) is 12.7. The molecule has 0 atom stereocenters. The average Bonchev–Trinajstić information content (AvgIpc) is 3.26. The minimum atomic E-state index is -0.893. The van der Waals surface area contributed by atoms with Crippen LogP contribution in [0.4, 0.5) is 0 Å². The van der Waals surface area contributed by atoms with Crippen LogP contribution in [-0.4, -0.2) is 27.5 Å².